The van der Waals surface area contributed by atoms with Gasteiger partial charge in [0.05, 0.1) is 5.69 Å². The smallest absolute Gasteiger partial charge is 0.120 e. The summed E-state index contributed by atoms with van der Waals surface area (Å²) in [7, 11) is 0. The Morgan fingerprint density at radius 2 is 1.74 bits per heavy atom. The molecule has 0 spiro atoms. The number of aromatic nitrogens is 1. The van der Waals surface area contributed by atoms with Crippen molar-refractivity contribution in [3.8, 4) is 0 Å². The van der Waals surface area contributed by atoms with E-state index in [9.17, 15) is 0 Å². The number of allylic oxidation sites excluding steroid dienone is 1. The van der Waals surface area contributed by atoms with Crippen LogP contribution in [0.4, 0.5) is 5.00 Å². The third-order valence-corrected chi connectivity index (χ3v) is 6.61. The number of nitrogen functional groups attached to an aromatic ring is 1. The van der Waals surface area contributed by atoms with Crippen LogP contribution in [0, 0.1) is 17.8 Å². The van der Waals surface area contributed by atoms with Gasteiger partial charge in [0.1, 0.15) is 10.0 Å². The highest BCUT2D eigenvalue weighted by Gasteiger charge is 2.53. The molecule has 0 unspecified atom stereocenters. The quantitative estimate of drug-likeness (QED) is 0.876. The van der Waals surface area contributed by atoms with Gasteiger partial charge in [-0.25, -0.2) is 4.98 Å². The van der Waals surface area contributed by atoms with Crippen LogP contribution in [0.2, 0.25) is 0 Å². The van der Waals surface area contributed by atoms with Crippen LogP contribution in [0.5, 0.6) is 0 Å². The largest absolute Gasteiger partial charge is 0.389 e. The normalized spacial score (nSPS) is 39.7. The van der Waals surface area contributed by atoms with E-state index in [-0.39, 0.29) is 0 Å². The highest BCUT2D eigenvalue weighted by Crippen LogP contribution is 2.61. The predicted molar refractivity (Wildman–Crippen MR) is 81.1 cm³/mol. The van der Waals surface area contributed by atoms with Crippen LogP contribution in [0.25, 0.3) is 5.57 Å². The molecular formula is C16H22N2S. The Bertz CT molecular complexity index is 508. The van der Waals surface area contributed by atoms with Gasteiger partial charge in [0.15, 0.2) is 0 Å². The molecule has 4 aliphatic carbocycles. The zero-order chi connectivity index (χ0) is 13.2. The number of anilines is 1. The van der Waals surface area contributed by atoms with Gasteiger partial charge in [0.25, 0.3) is 0 Å². The van der Waals surface area contributed by atoms with Crippen molar-refractivity contribution in [3.63, 3.8) is 0 Å². The number of nitrogens with two attached hydrogens (primary N) is 1. The average Bonchev–Trinajstić information content (AvgIpc) is 2.70. The topological polar surface area (TPSA) is 38.9 Å². The van der Waals surface area contributed by atoms with E-state index >= 15 is 0 Å². The van der Waals surface area contributed by atoms with Gasteiger partial charge in [-0.2, -0.15) is 0 Å². The van der Waals surface area contributed by atoms with Crippen LogP contribution in [-0.4, -0.2) is 4.98 Å². The van der Waals surface area contributed by atoms with Crippen molar-refractivity contribution < 1.29 is 0 Å². The first-order chi connectivity index (χ1) is 9.06. The second-order valence-electron chi connectivity index (χ2n) is 7.21. The molecule has 4 fully saturated rings. The first kappa shape index (κ1) is 12.0. The fourth-order valence-electron chi connectivity index (χ4n) is 5.30. The van der Waals surface area contributed by atoms with Crippen molar-refractivity contribution >= 4 is 21.9 Å². The minimum atomic E-state index is 0.322. The maximum absolute atomic E-state index is 6.32. The highest BCUT2D eigenvalue weighted by molar-refractivity contribution is 7.16. The maximum atomic E-state index is 6.32. The van der Waals surface area contributed by atoms with Crippen molar-refractivity contribution in [1.82, 2.24) is 4.98 Å². The van der Waals surface area contributed by atoms with Gasteiger partial charge in [-0.3, -0.25) is 0 Å². The number of hydrogen-bond donors (Lipinski definition) is 1. The minimum absolute atomic E-state index is 0.322. The lowest BCUT2D eigenvalue weighted by molar-refractivity contribution is -0.00659. The molecule has 2 nitrogen and oxygen atoms in total. The van der Waals surface area contributed by atoms with E-state index in [0.29, 0.717) is 5.41 Å². The number of nitrogens with zero attached hydrogens (tertiary/aromatic N) is 1. The van der Waals surface area contributed by atoms with Gasteiger partial charge < -0.3 is 5.73 Å². The van der Waals surface area contributed by atoms with Crippen LogP contribution in [-0.2, 0) is 5.41 Å². The zero-order valence-electron chi connectivity index (χ0n) is 11.6. The second-order valence-corrected chi connectivity index (χ2v) is 8.24. The molecule has 0 saturated heterocycles. The van der Waals surface area contributed by atoms with Gasteiger partial charge in [-0.15, -0.1) is 0 Å². The molecule has 19 heavy (non-hydrogen) atoms. The Morgan fingerprint density at radius 1 is 1.21 bits per heavy atom. The first-order valence-corrected chi connectivity index (χ1v) is 8.30. The van der Waals surface area contributed by atoms with Crippen LogP contribution in [0.1, 0.15) is 56.2 Å². The van der Waals surface area contributed by atoms with Crippen molar-refractivity contribution in [3.05, 3.63) is 17.3 Å². The molecule has 4 bridgehead atoms. The highest BCUT2D eigenvalue weighted by atomic mass is 32.1. The van der Waals surface area contributed by atoms with Crippen molar-refractivity contribution in [1.29, 1.82) is 0 Å². The summed E-state index contributed by atoms with van der Waals surface area (Å²) in [5, 5.41) is 2.00. The summed E-state index contributed by atoms with van der Waals surface area (Å²) in [5.74, 6) is 2.84. The predicted octanol–water partition coefficient (Wildman–Crippen LogP) is 4.23. The summed E-state index contributed by atoms with van der Waals surface area (Å²) in [6, 6.07) is 0. The lowest BCUT2D eigenvalue weighted by atomic mass is 9.49. The van der Waals surface area contributed by atoms with E-state index in [1.807, 2.05) is 6.92 Å². The van der Waals surface area contributed by atoms with Crippen molar-refractivity contribution in [2.24, 2.45) is 17.8 Å². The zero-order valence-corrected chi connectivity index (χ0v) is 12.4. The van der Waals surface area contributed by atoms with E-state index in [2.05, 4.69) is 6.58 Å². The standard InChI is InChI=1S/C16H22N2S/c1-9(2)15-18-13(14(17)19-15)16-6-10-3-11(7-16)5-12(4-10)8-16/h10-12H,1,3-8,17H2,2H3. The van der Waals surface area contributed by atoms with Crippen LogP contribution in [0.3, 0.4) is 0 Å². The Morgan fingerprint density at radius 3 is 2.16 bits per heavy atom. The molecule has 0 radical (unpaired) electrons. The lowest BCUT2D eigenvalue weighted by Crippen LogP contribution is -2.49. The Balaban J connectivity index is 1.77. The molecule has 1 heterocycles. The average molecular weight is 274 g/mol. The molecule has 0 amide bonds. The molecule has 3 heteroatoms. The van der Waals surface area contributed by atoms with Crippen LogP contribution >= 0.6 is 11.3 Å². The molecule has 2 N–H and O–H groups in total. The van der Waals surface area contributed by atoms with Gasteiger partial charge in [-0.05, 0) is 68.8 Å². The molecule has 5 rings (SSSR count). The van der Waals surface area contributed by atoms with Crippen molar-refractivity contribution in [2.75, 3.05) is 5.73 Å². The number of rotatable bonds is 2. The summed E-state index contributed by atoms with van der Waals surface area (Å²) < 4.78 is 0. The van der Waals surface area contributed by atoms with E-state index in [4.69, 9.17) is 10.7 Å². The number of thiazole rings is 1. The summed E-state index contributed by atoms with van der Waals surface area (Å²) >= 11 is 1.64. The Hall–Kier alpha value is -0.830. The van der Waals surface area contributed by atoms with E-state index in [1.54, 1.807) is 11.3 Å². The molecule has 4 saturated carbocycles. The molecule has 102 valence electrons. The molecule has 4 aliphatic rings. The van der Waals surface area contributed by atoms with Crippen LogP contribution < -0.4 is 5.73 Å². The SMILES string of the molecule is C=C(C)c1nc(C23CC4CC(CC(C4)C2)C3)c(N)s1. The third kappa shape index (κ3) is 1.70. The molecule has 1 aromatic heterocycles. The van der Waals surface area contributed by atoms with Gasteiger partial charge in [0.2, 0.25) is 0 Å². The van der Waals surface area contributed by atoms with Gasteiger partial charge in [0, 0.05) is 5.41 Å². The lowest BCUT2D eigenvalue weighted by Gasteiger charge is -2.56. The maximum Gasteiger partial charge on any atom is 0.120 e. The van der Waals surface area contributed by atoms with Crippen molar-refractivity contribution in [2.45, 2.75) is 50.9 Å². The second kappa shape index (κ2) is 3.85. The molecule has 1 aromatic rings. The summed E-state index contributed by atoms with van der Waals surface area (Å²) in [5.41, 5.74) is 8.92. The fourth-order valence-corrected chi connectivity index (χ4v) is 6.17. The van der Waals surface area contributed by atoms with Gasteiger partial charge >= 0.3 is 0 Å². The molecule has 0 aromatic carbocycles. The minimum Gasteiger partial charge on any atom is -0.389 e. The molecule has 0 aliphatic heterocycles. The Kier molecular flexibility index (Phi) is 2.42. The fraction of sp³-hybridized carbons (Fsp3) is 0.688. The summed E-state index contributed by atoms with van der Waals surface area (Å²) in [6.45, 7) is 6.05. The molecule has 0 atom stereocenters. The monoisotopic (exact) mass is 274 g/mol. The summed E-state index contributed by atoms with van der Waals surface area (Å²) in [6.07, 6.45) is 8.41. The van der Waals surface area contributed by atoms with Crippen LogP contribution in [0.15, 0.2) is 6.58 Å². The van der Waals surface area contributed by atoms with E-state index < -0.39 is 0 Å². The number of hydrogen-bond acceptors (Lipinski definition) is 3. The molecular weight excluding hydrogens is 252 g/mol. The summed E-state index contributed by atoms with van der Waals surface area (Å²) in [4.78, 5) is 4.89. The first-order valence-electron chi connectivity index (χ1n) is 7.48. The third-order valence-electron chi connectivity index (χ3n) is 5.56. The Labute approximate surface area is 119 Å². The van der Waals surface area contributed by atoms with E-state index in [0.717, 1.165) is 33.3 Å². The van der Waals surface area contributed by atoms with E-state index in [1.165, 1.54) is 44.2 Å². The van der Waals surface area contributed by atoms with Gasteiger partial charge in [-0.1, -0.05) is 17.9 Å².